The van der Waals surface area contributed by atoms with Gasteiger partial charge < -0.3 is 14.4 Å². The first-order valence-electron chi connectivity index (χ1n) is 11.3. The molecule has 4 aromatic rings. The van der Waals surface area contributed by atoms with E-state index >= 15 is 0 Å². The van der Waals surface area contributed by atoms with E-state index in [9.17, 15) is 13.6 Å². The number of halogens is 2. The van der Waals surface area contributed by atoms with Crippen molar-refractivity contribution in [3.8, 4) is 28.1 Å². The van der Waals surface area contributed by atoms with Crippen molar-refractivity contribution in [1.82, 2.24) is 19.9 Å². The van der Waals surface area contributed by atoms with E-state index < -0.39 is 5.66 Å². The molecule has 1 saturated heterocycles. The van der Waals surface area contributed by atoms with E-state index in [1.807, 2.05) is 18.2 Å². The van der Waals surface area contributed by atoms with Crippen molar-refractivity contribution in [2.75, 3.05) is 33.4 Å². The van der Waals surface area contributed by atoms with Crippen LogP contribution in [0.4, 0.5) is 8.78 Å². The third-order valence-electron chi connectivity index (χ3n) is 6.08. The minimum atomic E-state index is -3.15. The van der Waals surface area contributed by atoms with Crippen LogP contribution in [0.2, 0.25) is 0 Å². The molecular weight excluding hydrogens is 485 g/mol. The number of hydrogen-bond acceptors (Lipinski definition) is 6. The molecule has 0 bridgehead atoms. The smallest absolute Gasteiger partial charge is 0.287 e. The fraction of sp³-hybridized carbons (Fsp3) is 0.231. The molecule has 36 heavy (non-hydrogen) atoms. The van der Waals surface area contributed by atoms with Crippen LogP contribution in [0.1, 0.15) is 15.9 Å². The van der Waals surface area contributed by atoms with Gasteiger partial charge in [-0.05, 0) is 41.5 Å². The monoisotopic (exact) mass is 508 g/mol. The Morgan fingerprint density at radius 2 is 1.78 bits per heavy atom. The summed E-state index contributed by atoms with van der Waals surface area (Å²) < 4.78 is 38.8. The Labute approximate surface area is 208 Å². The minimum Gasteiger partial charge on any atom is -0.496 e. The Morgan fingerprint density at radius 1 is 1.03 bits per heavy atom. The number of alkyl halides is 2. The second-order valence-corrected chi connectivity index (χ2v) is 9.08. The molecule has 1 unspecified atom stereocenters. The van der Waals surface area contributed by atoms with E-state index in [-0.39, 0.29) is 17.2 Å². The molecule has 10 heteroatoms. The Kier molecular flexibility index (Phi) is 6.60. The van der Waals surface area contributed by atoms with Gasteiger partial charge in [0.25, 0.3) is 11.6 Å². The standard InChI is InChI=1S/C26H23F2N4O3P/c1-34-23-5-3-17(12-21(23)26(27,28)36)16-2-4-22-20(11-16)24(31-15-30-22)18-10-19(14-29-13-18)25(33)32-6-8-35-9-7-32/h2-5,10-15H,6-9,36H2,1H3. The van der Waals surface area contributed by atoms with Gasteiger partial charge >= 0.3 is 0 Å². The van der Waals surface area contributed by atoms with Crippen LogP contribution in [-0.4, -0.2) is 59.2 Å². The van der Waals surface area contributed by atoms with Gasteiger partial charge in [-0.25, -0.2) is 9.97 Å². The lowest BCUT2D eigenvalue weighted by Gasteiger charge is -2.26. The summed E-state index contributed by atoms with van der Waals surface area (Å²) in [4.78, 5) is 27.8. The molecule has 0 spiro atoms. The van der Waals surface area contributed by atoms with Gasteiger partial charge in [0.1, 0.15) is 12.1 Å². The number of pyridine rings is 1. The van der Waals surface area contributed by atoms with E-state index in [0.29, 0.717) is 65.2 Å². The fourth-order valence-corrected chi connectivity index (χ4v) is 4.48. The van der Waals surface area contributed by atoms with Crippen LogP contribution >= 0.6 is 9.24 Å². The molecule has 2 aromatic carbocycles. The van der Waals surface area contributed by atoms with Crippen LogP contribution in [0.15, 0.2) is 61.2 Å². The number of methoxy groups -OCH3 is 1. The maximum atomic E-state index is 14.2. The van der Waals surface area contributed by atoms with Crippen LogP contribution in [0.5, 0.6) is 5.75 Å². The fourth-order valence-electron chi connectivity index (χ4n) is 4.25. The average Bonchev–Trinajstić information content (AvgIpc) is 2.91. The van der Waals surface area contributed by atoms with Gasteiger partial charge in [-0.3, -0.25) is 9.78 Å². The predicted molar refractivity (Wildman–Crippen MR) is 135 cm³/mol. The lowest BCUT2D eigenvalue weighted by atomic mass is 9.98. The predicted octanol–water partition coefficient (Wildman–Crippen LogP) is 4.76. The third-order valence-corrected chi connectivity index (χ3v) is 6.40. The zero-order valence-corrected chi connectivity index (χ0v) is 20.6. The highest BCUT2D eigenvalue weighted by Gasteiger charge is 2.29. The number of carbonyl (C=O) groups excluding carboxylic acids is 1. The molecule has 0 N–H and O–H groups in total. The zero-order valence-electron chi connectivity index (χ0n) is 19.4. The van der Waals surface area contributed by atoms with Gasteiger partial charge in [-0.15, -0.1) is 0 Å². The second-order valence-electron chi connectivity index (χ2n) is 8.36. The summed E-state index contributed by atoms with van der Waals surface area (Å²) in [5.74, 6) is -0.00721. The quantitative estimate of drug-likeness (QED) is 0.362. The Bertz CT molecular complexity index is 1440. The van der Waals surface area contributed by atoms with Crippen molar-refractivity contribution in [3.05, 3.63) is 72.3 Å². The number of benzene rings is 2. The topological polar surface area (TPSA) is 77.4 Å². The molecule has 184 valence electrons. The van der Waals surface area contributed by atoms with Crippen LogP contribution in [-0.2, 0) is 10.4 Å². The van der Waals surface area contributed by atoms with E-state index in [1.165, 1.54) is 31.8 Å². The van der Waals surface area contributed by atoms with Crippen molar-refractivity contribution in [2.45, 2.75) is 5.66 Å². The van der Waals surface area contributed by atoms with Crippen molar-refractivity contribution < 1.29 is 23.0 Å². The van der Waals surface area contributed by atoms with Crippen LogP contribution in [0, 0.1) is 0 Å². The summed E-state index contributed by atoms with van der Waals surface area (Å²) in [5.41, 5.74) is 0.325. The van der Waals surface area contributed by atoms with E-state index in [0.717, 1.165) is 0 Å². The number of fused-ring (bicyclic) bond motifs is 1. The zero-order chi connectivity index (χ0) is 25.3. The Morgan fingerprint density at radius 3 is 2.53 bits per heavy atom. The number of rotatable bonds is 5. The summed E-state index contributed by atoms with van der Waals surface area (Å²) in [5, 5.41) is 0.711. The van der Waals surface area contributed by atoms with Gasteiger partial charge in [0.15, 0.2) is 0 Å². The molecule has 0 radical (unpaired) electrons. The largest absolute Gasteiger partial charge is 0.496 e. The van der Waals surface area contributed by atoms with Crippen molar-refractivity contribution in [1.29, 1.82) is 0 Å². The number of nitrogens with zero attached hydrogens (tertiary/aromatic N) is 4. The van der Waals surface area contributed by atoms with Gasteiger partial charge in [0, 0.05) is 36.4 Å². The van der Waals surface area contributed by atoms with Gasteiger partial charge in [-0.2, -0.15) is 8.78 Å². The van der Waals surface area contributed by atoms with Gasteiger partial charge in [0.05, 0.1) is 42.7 Å². The number of amides is 1. The average molecular weight is 508 g/mol. The highest BCUT2D eigenvalue weighted by atomic mass is 31.0. The molecule has 0 aliphatic carbocycles. The highest BCUT2D eigenvalue weighted by molar-refractivity contribution is 7.17. The third kappa shape index (κ3) is 4.76. The normalized spacial score (nSPS) is 14.2. The molecule has 1 aliphatic heterocycles. The van der Waals surface area contributed by atoms with Crippen molar-refractivity contribution in [2.24, 2.45) is 0 Å². The molecule has 1 fully saturated rings. The summed E-state index contributed by atoms with van der Waals surface area (Å²) >= 11 is 0. The minimum absolute atomic E-state index is 0.108. The maximum Gasteiger partial charge on any atom is 0.287 e. The number of morpholine rings is 1. The van der Waals surface area contributed by atoms with E-state index in [1.54, 1.807) is 32.5 Å². The molecule has 1 amide bonds. The Hall–Kier alpha value is -3.55. The summed E-state index contributed by atoms with van der Waals surface area (Å²) in [7, 11) is 2.91. The summed E-state index contributed by atoms with van der Waals surface area (Å²) in [6.45, 7) is 2.08. The number of aromatic nitrogens is 3. The number of carbonyl (C=O) groups is 1. The number of ether oxygens (including phenoxy) is 2. The molecule has 5 rings (SSSR count). The first-order chi connectivity index (χ1) is 17.3. The van der Waals surface area contributed by atoms with Crippen molar-refractivity contribution >= 4 is 26.0 Å². The van der Waals surface area contributed by atoms with Gasteiger partial charge in [0.2, 0.25) is 0 Å². The lowest BCUT2D eigenvalue weighted by molar-refractivity contribution is 0.0302. The first-order valence-corrected chi connectivity index (χ1v) is 11.9. The van der Waals surface area contributed by atoms with E-state index in [2.05, 4.69) is 15.0 Å². The first kappa shape index (κ1) is 24.2. The molecule has 0 saturated carbocycles. The summed E-state index contributed by atoms with van der Waals surface area (Å²) in [6.07, 6.45) is 4.64. The second kappa shape index (κ2) is 9.84. The van der Waals surface area contributed by atoms with Crippen molar-refractivity contribution in [3.63, 3.8) is 0 Å². The molecule has 1 aliphatic rings. The van der Waals surface area contributed by atoms with E-state index in [4.69, 9.17) is 9.47 Å². The van der Waals surface area contributed by atoms with Crippen LogP contribution in [0.3, 0.4) is 0 Å². The summed E-state index contributed by atoms with van der Waals surface area (Å²) in [6, 6.07) is 11.9. The Balaban J connectivity index is 1.57. The van der Waals surface area contributed by atoms with Gasteiger partial charge in [-0.1, -0.05) is 21.4 Å². The maximum absolute atomic E-state index is 14.2. The highest BCUT2D eigenvalue weighted by Crippen LogP contribution is 2.42. The molecule has 3 heterocycles. The SMILES string of the molecule is COc1ccc(-c2ccc3ncnc(-c4cncc(C(=O)N5CCOCC5)c4)c3c2)cc1C(F)(F)P. The molecule has 2 aromatic heterocycles. The molecule has 1 atom stereocenters. The molecular formula is C26H23F2N4O3P. The number of hydrogen-bond donors (Lipinski definition) is 0. The van der Waals surface area contributed by atoms with Crippen LogP contribution in [0.25, 0.3) is 33.3 Å². The van der Waals surface area contributed by atoms with Crippen LogP contribution < -0.4 is 4.74 Å². The lowest BCUT2D eigenvalue weighted by Crippen LogP contribution is -2.40. The molecule has 7 nitrogen and oxygen atoms in total.